The molecule has 0 aromatic heterocycles. The molecule has 2 aliphatic rings. The maximum atomic E-state index is 13.0. The fourth-order valence-electron chi connectivity index (χ4n) is 2.48. The van der Waals surface area contributed by atoms with Crippen molar-refractivity contribution in [3.05, 3.63) is 0 Å². The molecular formula is C8H13FN2O. The van der Waals surface area contributed by atoms with Crippen LogP contribution in [-0.2, 0) is 4.79 Å². The summed E-state index contributed by atoms with van der Waals surface area (Å²) in [5.74, 6) is -0.347. The molecule has 0 aliphatic carbocycles. The number of nitrogens with two attached hydrogens (primary N) is 1. The van der Waals surface area contributed by atoms with Crippen LogP contribution in [-0.4, -0.2) is 35.6 Å². The van der Waals surface area contributed by atoms with E-state index < -0.39 is 11.7 Å². The van der Waals surface area contributed by atoms with Crippen LogP contribution in [0, 0.1) is 0 Å². The Morgan fingerprint density at radius 2 is 2.42 bits per heavy atom. The van der Waals surface area contributed by atoms with Crippen molar-refractivity contribution in [1.82, 2.24) is 4.90 Å². The average Bonchev–Trinajstić information content (AvgIpc) is 2.42. The van der Waals surface area contributed by atoms with Crippen LogP contribution < -0.4 is 5.73 Å². The number of carbonyl (C=O) groups is 1. The van der Waals surface area contributed by atoms with Crippen LogP contribution in [0.25, 0.3) is 0 Å². The highest BCUT2D eigenvalue weighted by atomic mass is 19.1. The number of hydrogen-bond donors (Lipinski definition) is 1. The lowest BCUT2D eigenvalue weighted by Gasteiger charge is -2.27. The Morgan fingerprint density at radius 1 is 1.67 bits per heavy atom. The van der Waals surface area contributed by atoms with Crippen LogP contribution in [0.2, 0.25) is 0 Å². The number of rotatable bonds is 1. The maximum Gasteiger partial charge on any atom is 0.238 e. The van der Waals surface area contributed by atoms with Gasteiger partial charge < -0.3 is 5.73 Å². The first-order chi connectivity index (χ1) is 5.65. The second kappa shape index (κ2) is 2.42. The minimum absolute atomic E-state index is 0.308. The number of amides is 1. The summed E-state index contributed by atoms with van der Waals surface area (Å²) in [4.78, 5) is 13.1. The zero-order valence-corrected chi connectivity index (χ0v) is 6.92. The van der Waals surface area contributed by atoms with E-state index in [2.05, 4.69) is 0 Å². The Balaban J connectivity index is 2.26. The Morgan fingerprint density at radius 3 is 3.00 bits per heavy atom. The molecule has 2 saturated heterocycles. The van der Waals surface area contributed by atoms with E-state index in [-0.39, 0.29) is 5.91 Å². The smallest absolute Gasteiger partial charge is 0.238 e. The second-order valence-corrected chi connectivity index (χ2v) is 3.75. The molecule has 0 saturated carbocycles. The third kappa shape index (κ3) is 0.874. The number of alkyl halides is 1. The van der Waals surface area contributed by atoms with E-state index in [1.54, 1.807) is 0 Å². The van der Waals surface area contributed by atoms with Crippen LogP contribution >= 0.6 is 0 Å². The summed E-state index contributed by atoms with van der Waals surface area (Å²) >= 11 is 0. The molecule has 2 rings (SSSR count). The molecule has 2 aliphatic heterocycles. The van der Waals surface area contributed by atoms with Crippen molar-refractivity contribution < 1.29 is 9.18 Å². The van der Waals surface area contributed by atoms with Crippen molar-refractivity contribution in [2.75, 3.05) is 13.1 Å². The predicted octanol–water partition coefficient (Wildman–Crippen LogP) is 0.0481. The zero-order valence-electron chi connectivity index (χ0n) is 6.92. The topological polar surface area (TPSA) is 46.3 Å². The molecule has 0 unspecified atom stereocenters. The molecule has 12 heavy (non-hydrogen) atoms. The van der Waals surface area contributed by atoms with Gasteiger partial charge in [-0.2, -0.15) is 0 Å². The second-order valence-electron chi connectivity index (χ2n) is 3.75. The van der Waals surface area contributed by atoms with Crippen LogP contribution in [0.4, 0.5) is 4.39 Å². The van der Waals surface area contributed by atoms with Gasteiger partial charge in [-0.05, 0) is 19.4 Å². The number of primary amides is 1. The van der Waals surface area contributed by atoms with Crippen LogP contribution in [0.1, 0.15) is 19.3 Å². The quantitative estimate of drug-likeness (QED) is 0.607. The summed E-state index contributed by atoms with van der Waals surface area (Å²) < 4.78 is 13.0. The van der Waals surface area contributed by atoms with Gasteiger partial charge in [0.25, 0.3) is 0 Å². The average molecular weight is 172 g/mol. The molecule has 3 nitrogen and oxygen atoms in total. The van der Waals surface area contributed by atoms with Crippen molar-refractivity contribution in [3.8, 4) is 0 Å². The number of fused-ring (bicyclic) bond motifs is 1. The molecule has 1 amide bonds. The van der Waals surface area contributed by atoms with E-state index in [1.165, 1.54) is 0 Å². The van der Waals surface area contributed by atoms with Crippen molar-refractivity contribution in [1.29, 1.82) is 0 Å². The fourth-order valence-corrected chi connectivity index (χ4v) is 2.48. The zero-order chi connectivity index (χ0) is 8.77. The summed E-state index contributed by atoms with van der Waals surface area (Å²) in [5, 5.41) is 0. The summed E-state index contributed by atoms with van der Waals surface area (Å²) in [6.45, 7) is 1.21. The lowest BCUT2D eigenvalue weighted by molar-refractivity contribution is -0.127. The SMILES string of the molecule is NC(=O)[C@]12CCCN1C[C@H](F)C2. The van der Waals surface area contributed by atoms with Gasteiger partial charge >= 0.3 is 0 Å². The minimum atomic E-state index is -0.863. The maximum absolute atomic E-state index is 13.0. The number of nitrogens with zero attached hydrogens (tertiary/aromatic N) is 1. The number of hydrogen-bond acceptors (Lipinski definition) is 2. The highest BCUT2D eigenvalue weighted by molar-refractivity contribution is 5.85. The van der Waals surface area contributed by atoms with Gasteiger partial charge in [-0.3, -0.25) is 9.69 Å². The molecule has 2 heterocycles. The fraction of sp³-hybridized carbons (Fsp3) is 0.875. The molecule has 0 spiro atoms. The van der Waals surface area contributed by atoms with E-state index in [1.807, 2.05) is 4.90 Å². The van der Waals surface area contributed by atoms with Gasteiger partial charge in [-0.25, -0.2) is 4.39 Å². The number of halogens is 1. The van der Waals surface area contributed by atoms with E-state index >= 15 is 0 Å². The van der Waals surface area contributed by atoms with Crippen LogP contribution in [0.3, 0.4) is 0 Å². The molecule has 4 heteroatoms. The molecule has 2 N–H and O–H groups in total. The molecule has 0 aromatic carbocycles. The molecule has 0 aromatic rings. The Labute approximate surface area is 70.7 Å². The van der Waals surface area contributed by atoms with Gasteiger partial charge in [0, 0.05) is 13.0 Å². The first-order valence-electron chi connectivity index (χ1n) is 4.34. The Bertz CT molecular complexity index is 221. The third-order valence-corrected chi connectivity index (χ3v) is 3.06. The monoisotopic (exact) mass is 172 g/mol. The first-order valence-corrected chi connectivity index (χ1v) is 4.34. The van der Waals surface area contributed by atoms with Crippen molar-refractivity contribution in [2.24, 2.45) is 5.73 Å². The van der Waals surface area contributed by atoms with E-state index in [0.717, 1.165) is 19.4 Å². The summed E-state index contributed by atoms with van der Waals surface area (Å²) in [5.41, 5.74) is 4.66. The van der Waals surface area contributed by atoms with Gasteiger partial charge in [0.1, 0.15) is 11.7 Å². The van der Waals surface area contributed by atoms with E-state index in [0.29, 0.717) is 13.0 Å². The van der Waals surface area contributed by atoms with Gasteiger partial charge in [-0.1, -0.05) is 0 Å². The summed E-state index contributed by atoms with van der Waals surface area (Å²) in [6.07, 6.45) is 1.15. The van der Waals surface area contributed by atoms with Crippen LogP contribution in [0.15, 0.2) is 0 Å². The normalized spacial score (nSPS) is 41.6. The molecule has 68 valence electrons. The van der Waals surface area contributed by atoms with Crippen molar-refractivity contribution in [3.63, 3.8) is 0 Å². The van der Waals surface area contributed by atoms with Crippen LogP contribution in [0.5, 0.6) is 0 Å². The predicted molar refractivity (Wildman–Crippen MR) is 42.2 cm³/mol. The van der Waals surface area contributed by atoms with Gasteiger partial charge in [0.05, 0.1) is 0 Å². The number of carbonyl (C=O) groups excluding carboxylic acids is 1. The van der Waals surface area contributed by atoms with Gasteiger partial charge in [-0.15, -0.1) is 0 Å². The van der Waals surface area contributed by atoms with Gasteiger partial charge in [0.2, 0.25) is 5.91 Å². The largest absolute Gasteiger partial charge is 0.368 e. The lowest BCUT2D eigenvalue weighted by Crippen LogP contribution is -2.49. The molecule has 0 radical (unpaired) electrons. The molecule has 2 fully saturated rings. The van der Waals surface area contributed by atoms with Crippen molar-refractivity contribution in [2.45, 2.75) is 31.0 Å². The van der Waals surface area contributed by atoms with E-state index in [9.17, 15) is 9.18 Å². The standard InChI is InChI=1S/C8H13FN2O/c9-6-4-8(7(10)12)2-1-3-11(8)5-6/h6H,1-5H2,(H2,10,12)/t6-,8-/m1/s1. The lowest BCUT2D eigenvalue weighted by atomic mass is 9.93. The third-order valence-electron chi connectivity index (χ3n) is 3.06. The highest BCUT2D eigenvalue weighted by Gasteiger charge is 2.52. The molecule has 2 atom stereocenters. The van der Waals surface area contributed by atoms with Crippen molar-refractivity contribution >= 4 is 5.91 Å². The molecule has 0 bridgehead atoms. The Kier molecular flexibility index (Phi) is 1.61. The summed E-state index contributed by atoms with van der Waals surface area (Å²) in [6, 6.07) is 0. The minimum Gasteiger partial charge on any atom is -0.368 e. The summed E-state index contributed by atoms with van der Waals surface area (Å²) in [7, 11) is 0. The molecular weight excluding hydrogens is 159 g/mol. The van der Waals surface area contributed by atoms with Gasteiger partial charge in [0.15, 0.2) is 0 Å². The van der Waals surface area contributed by atoms with E-state index in [4.69, 9.17) is 5.73 Å². The first kappa shape index (κ1) is 7.98. The highest BCUT2D eigenvalue weighted by Crippen LogP contribution is 2.39. The Hall–Kier alpha value is -0.640.